The highest BCUT2D eigenvalue weighted by molar-refractivity contribution is 6.03. The summed E-state index contributed by atoms with van der Waals surface area (Å²) in [6, 6.07) is 10.9. The highest BCUT2D eigenvalue weighted by Crippen LogP contribution is 2.80. The fraction of sp³-hybridized carbons (Fsp3) is 0.316. The normalized spacial score (nSPS) is 26.5. The standard InChI is InChI=1S/C19H14N6O3/c1-26-12-4-10(5-13(27-2)14(12)28-3)15-18(8-22)16(11(6-20)7-21)25-17(24)19(15,18)9-23/h4-5,15H,1-3H3,(H2,24,25)/t15-,18-,19-/m0/s1. The molecule has 0 aromatic heterocycles. The van der Waals surface area contributed by atoms with E-state index in [-0.39, 0.29) is 17.1 Å². The molecule has 0 bridgehead atoms. The fourth-order valence-electron chi connectivity index (χ4n) is 4.01. The van der Waals surface area contributed by atoms with Crippen molar-refractivity contribution in [1.29, 1.82) is 21.0 Å². The van der Waals surface area contributed by atoms with Crippen LogP contribution in [0.3, 0.4) is 0 Å². The first-order valence-corrected chi connectivity index (χ1v) is 7.99. The maximum atomic E-state index is 10.0. The maximum Gasteiger partial charge on any atom is 0.203 e. The molecule has 1 aliphatic carbocycles. The molecule has 3 rings (SSSR count). The molecule has 0 spiro atoms. The zero-order chi connectivity index (χ0) is 20.7. The molecule has 1 saturated carbocycles. The number of hydrogen-bond acceptors (Lipinski definition) is 9. The average Bonchev–Trinajstić information content (AvgIpc) is 3.28. The van der Waals surface area contributed by atoms with Crippen molar-refractivity contribution < 1.29 is 14.2 Å². The first-order chi connectivity index (χ1) is 13.5. The number of fused-ring (bicyclic) bond motifs is 1. The van der Waals surface area contributed by atoms with Crippen molar-refractivity contribution in [2.45, 2.75) is 5.92 Å². The number of nitriles is 4. The lowest BCUT2D eigenvalue weighted by molar-refractivity contribution is 0.323. The van der Waals surface area contributed by atoms with Crippen LogP contribution in [0.5, 0.6) is 17.2 Å². The molecule has 28 heavy (non-hydrogen) atoms. The van der Waals surface area contributed by atoms with Gasteiger partial charge in [0.1, 0.15) is 28.8 Å². The van der Waals surface area contributed by atoms with E-state index in [9.17, 15) is 21.0 Å². The first kappa shape index (κ1) is 18.6. The SMILES string of the molecule is COc1cc([C@@H]2[C@@]3(C#N)C(N)=NC(=C(C#N)C#N)[C@]23C#N)cc(OC)c1OC. The number of allylic oxidation sites excluding steroid dienone is 2. The second kappa shape index (κ2) is 6.20. The maximum absolute atomic E-state index is 10.0. The molecular weight excluding hydrogens is 360 g/mol. The van der Waals surface area contributed by atoms with E-state index < -0.39 is 16.7 Å². The number of ether oxygens (including phenoxy) is 3. The lowest BCUT2D eigenvalue weighted by Crippen LogP contribution is -2.25. The summed E-state index contributed by atoms with van der Waals surface area (Å²) in [7, 11) is 4.34. The monoisotopic (exact) mass is 374 g/mol. The highest BCUT2D eigenvalue weighted by Gasteiger charge is 2.86. The average molecular weight is 374 g/mol. The summed E-state index contributed by atoms with van der Waals surface area (Å²) >= 11 is 0. The summed E-state index contributed by atoms with van der Waals surface area (Å²) in [4.78, 5) is 4.04. The Morgan fingerprint density at radius 1 is 0.964 bits per heavy atom. The molecule has 9 nitrogen and oxygen atoms in total. The van der Waals surface area contributed by atoms with Crippen LogP contribution in [0, 0.1) is 56.2 Å². The van der Waals surface area contributed by atoms with E-state index in [0.29, 0.717) is 22.8 Å². The summed E-state index contributed by atoms with van der Waals surface area (Å²) < 4.78 is 16.0. The Kier molecular flexibility index (Phi) is 4.11. The first-order valence-electron chi connectivity index (χ1n) is 7.99. The molecule has 9 heteroatoms. The summed E-state index contributed by atoms with van der Waals surface area (Å²) in [6.45, 7) is 0. The van der Waals surface area contributed by atoms with Crippen LogP contribution in [0.2, 0.25) is 0 Å². The van der Waals surface area contributed by atoms with Crippen molar-refractivity contribution in [2.75, 3.05) is 21.3 Å². The van der Waals surface area contributed by atoms with Crippen LogP contribution in [0.4, 0.5) is 0 Å². The fourth-order valence-corrected chi connectivity index (χ4v) is 4.01. The molecular formula is C19H14N6O3. The van der Waals surface area contributed by atoms with Gasteiger partial charge in [-0.05, 0) is 17.7 Å². The third kappa shape index (κ3) is 1.88. The topological polar surface area (TPSA) is 161 Å². The number of nitrogens with zero attached hydrogens (tertiary/aromatic N) is 5. The minimum absolute atomic E-state index is 0.0854. The predicted octanol–water partition coefficient (Wildman–Crippen LogP) is 1.50. The van der Waals surface area contributed by atoms with Crippen molar-refractivity contribution in [2.24, 2.45) is 21.6 Å². The van der Waals surface area contributed by atoms with Crippen molar-refractivity contribution in [3.63, 3.8) is 0 Å². The molecule has 1 fully saturated rings. The van der Waals surface area contributed by atoms with E-state index in [1.807, 2.05) is 0 Å². The van der Waals surface area contributed by atoms with Gasteiger partial charge in [0.05, 0.1) is 39.2 Å². The van der Waals surface area contributed by atoms with Gasteiger partial charge in [-0.2, -0.15) is 21.0 Å². The molecule has 0 unspecified atom stereocenters. The molecule has 2 N–H and O–H groups in total. The number of amidine groups is 1. The minimum Gasteiger partial charge on any atom is -0.493 e. The third-order valence-corrected chi connectivity index (χ3v) is 5.25. The van der Waals surface area contributed by atoms with E-state index in [2.05, 4.69) is 17.1 Å². The summed E-state index contributed by atoms with van der Waals surface area (Å²) in [5, 5.41) is 38.5. The summed E-state index contributed by atoms with van der Waals surface area (Å²) in [5.41, 5.74) is 3.08. The quantitative estimate of drug-likeness (QED) is 0.775. The van der Waals surface area contributed by atoms with Gasteiger partial charge in [-0.3, -0.25) is 0 Å². The van der Waals surface area contributed by atoms with Crippen LogP contribution >= 0.6 is 0 Å². The van der Waals surface area contributed by atoms with Gasteiger partial charge in [-0.25, -0.2) is 4.99 Å². The van der Waals surface area contributed by atoms with Crippen LogP contribution in [0.1, 0.15) is 11.5 Å². The molecule has 0 saturated heterocycles. The highest BCUT2D eigenvalue weighted by atomic mass is 16.5. The lowest BCUT2D eigenvalue weighted by Gasteiger charge is -2.15. The lowest BCUT2D eigenvalue weighted by atomic mass is 9.92. The second-order valence-electron chi connectivity index (χ2n) is 6.18. The van der Waals surface area contributed by atoms with E-state index in [4.69, 9.17) is 19.9 Å². The predicted molar refractivity (Wildman–Crippen MR) is 94.8 cm³/mol. The number of methoxy groups -OCH3 is 3. The van der Waals surface area contributed by atoms with Crippen molar-refractivity contribution >= 4 is 5.84 Å². The number of benzene rings is 1. The van der Waals surface area contributed by atoms with Crippen LogP contribution in [-0.4, -0.2) is 27.2 Å². The Labute approximate surface area is 161 Å². The van der Waals surface area contributed by atoms with Gasteiger partial charge in [0.15, 0.2) is 17.1 Å². The summed E-state index contributed by atoms with van der Waals surface area (Å²) in [5.74, 6) is 0.166. The zero-order valence-electron chi connectivity index (χ0n) is 15.3. The van der Waals surface area contributed by atoms with Gasteiger partial charge in [-0.15, -0.1) is 0 Å². The molecule has 1 heterocycles. The van der Waals surface area contributed by atoms with Crippen molar-refractivity contribution in [3.8, 4) is 41.5 Å². The van der Waals surface area contributed by atoms with E-state index in [1.165, 1.54) is 21.3 Å². The molecule has 1 aromatic rings. The van der Waals surface area contributed by atoms with E-state index >= 15 is 0 Å². The molecule has 2 aliphatic rings. The van der Waals surface area contributed by atoms with Crippen LogP contribution in [0.15, 0.2) is 28.4 Å². The Hall–Kier alpha value is -4.21. The van der Waals surface area contributed by atoms with Gasteiger partial charge >= 0.3 is 0 Å². The summed E-state index contributed by atoms with van der Waals surface area (Å²) in [6.07, 6.45) is 0. The van der Waals surface area contributed by atoms with Gasteiger partial charge in [0.25, 0.3) is 0 Å². The van der Waals surface area contributed by atoms with Gasteiger partial charge < -0.3 is 19.9 Å². The minimum atomic E-state index is -1.54. The van der Waals surface area contributed by atoms with E-state index in [0.717, 1.165) is 0 Å². The number of aliphatic imine (C=N–C) groups is 1. The van der Waals surface area contributed by atoms with E-state index in [1.54, 1.807) is 24.3 Å². The largest absolute Gasteiger partial charge is 0.493 e. The van der Waals surface area contributed by atoms with Gasteiger partial charge in [-0.1, -0.05) is 0 Å². The van der Waals surface area contributed by atoms with Crippen LogP contribution in [0.25, 0.3) is 0 Å². The van der Waals surface area contributed by atoms with Crippen LogP contribution in [-0.2, 0) is 0 Å². The van der Waals surface area contributed by atoms with Crippen molar-refractivity contribution in [1.82, 2.24) is 0 Å². The Morgan fingerprint density at radius 2 is 1.50 bits per heavy atom. The van der Waals surface area contributed by atoms with Gasteiger partial charge in [0, 0.05) is 5.92 Å². The molecule has 1 aliphatic heterocycles. The second-order valence-corrected chi connectivity index (χ2v) is 6.18. The van der Waals surface area contributed by atoms with Crippen molar-refractivity contribution in [3.05, 3.63) is 29.0 Å². The molecule has 1 aromatic carbocycles. The Bertz CT molecular complexity index is 1070. The number of nitrogens with two attached hydrogens (primary N) is 1. The number of rotatable bonds is 4. The number of hydrogen-bond donors (Lipinski definition) is 1. The molecule has 138 valence electrons. The van der Waals surface area contributed by atoms with Crippen LogP contribution < -0.4 is 19.9 Å². The zero-order valence-corrected chi connectivity index (χ0v) is 15.3. The smallest absolute Gasteiger partial charge is 0.203 e. The molecule has 3 atom stereocenters. The molecule has 0 radical (unpaired) electrons. The van der Waals surface area contributed by atoms with Gasteiger partial charge in [0.2, 0.25) is 5.75 Å². The molecule has 0 amide bonds. The Morgan fingerprint density at radius 3 is 1.89 bits per heavy atom. The third-order valence-electron chi connectivity index (χ3n) is 5.25. The Balaban J connectivity index is 2.32.